The molecular formula is C11H10O. The van der Waals surface area contributed by atoms with E-state index in [2.05, 4.69) is 24.3 Å². The van der Waals surface area contributed by atoms with Gasteiger partial charge in [-0.2, -0.15) is 0 Å². The van der Waals surface area contributed by atoms with Crippen molar-refractivity contribution < 1.29 is 4.74 Å². The van der Waals surface area contributed by atoms with Crippen LogP contribution in [0.1, 0.15) is 12.8 Å². The molecule has 60 valence electrons. The molecule has 0 fully saturated rings. The predicted octanol–water partition coefficient (Wildman–Crippen LogP) is 2.49. The van der Waals surface area contributed by atoms with Gasteiger partial charge in [-0.1, -0.05) is 18.2 Å². The molecule has 3 aliphatic rings. The van der Waals surface area contributed by atoms with Crippen LogP contribution in [0.25, 0.3) is 0 Å². The molecule has 0 amide bonds. The average molecular weight is 158 g/mol. The smallest absolute Gasteiger partial charge is 0.123 e. The molecule has 0 aromatic carbocycles. The molecule has 1 heteroatoms. The summed E-state index contributed by atoms with van der Waals surface area (Å²) >= 11 is 0. The van der Waals surface area contributed by atoms with Crippen LogP contribution in [0.4, 0.5) is 0 Å². The Morgan fingerprint density at radius 2 is 1.83 bits per heavy atom. The summed E-state index contributed by atoms with van der Waals surface area (Å²) in [6, 6.07) is 0. The van der Waals surface area contributed by atoms with E-state index in [-0.39, 0.29) is 0 Å². The zero-order chi connectivity index (χ0) is 7.97. The molecule has 0 unspecified atom stereocenters. The molecule has 0 atom stereocenters. The van der Waals surface area contributed by atoms with E-state index in [1.807, 2.05) is 0 Å². The SMILES string of the molecule is C1=CC2=C(C1)C1=C(C=CC1)OC2. The minimum Gasteiger partial charge on any atom is -0.489 e. The molecule has 0 radical (unpaired) electrons. The first-order valence-corrected chi connectivity index (χ1v) is 4.36. The fraction of sp³-hybridized carbons (Fsp3) is 0.273. The third kappa shape index (κ3) is 0.685. The number of rotatable bonds is 0. The van der Waals surface area contributed by atoms with Crippen LogP contribution in [-0.4, -0.2) is 6.61 Å². The quantitative estimate of drug-likeness (QED) is 0.526. The lowest BCUT2D eigenvalue weighted by Crippen LogP contribution is -2.05. The van der Waals surface area contributed by atoms with Gasteiger partial charge < -0.3 is 4.74 Å². The van der Waals surface area contributed by atoms with Crippen molar-refractivity contribution in [2.45, 2.75) is 12.8 Å². The molecule has 1 nitrogen and oxygen atoms in total. The Bertz CT molecular complexity index is 317. The number of allylic oxidation sites excluding steroid dienone is 5. The van der Waals surface area contributed by atoms with Crippen molar-refractivity contribution in [1.82, 2.24) is 0 Å². The molecule has 1 aliphatic heterocycles. The number of hydrogen-bond donors (Lipinski definition) is 0. The second-order valence-electron chi connectivity index (χ2n) is 3.35. The predicted molar refractivity (Wildman–Crippen MR) is 47.5 cm³/mol. The summed E-state index contributed by atoms with van der Waals surface area (Å²) in [5.74, 6) is 1.11. The van der Waals surface area contributed by atoms with E-state index in [1.165, 1.54) is 16.7 Å². The molecule has 0 aromatic heterocycles. The van der Waals surface area contributed by atoms with Crippen molar-refractivity contribution in [3.05, 3.63) is 46.8 Å². The first-order valence-electron chi connectivity index (χ1n) is 4.36. The Kier molecular flexibility index (Phi) is 1.12. The van der Waals surface area contributed by atoms with Crippen molar-refractivity contribution in [1.29, 1.82) is 0 Å². The summed E-state index contributed by atoms with van der Waals surface area (Å²) in [5.41, 5.74) is 4.32. The third-order valence-corrected chi connectivity index (χ3v) is 2.66. The Hall–Kier alpha value is -1.24. The molecule has 3 rings (SSSR count). The van der Waals surface area contributed by atoms with Gasteiger partial charge in [-0.15, -0.1) is 0 Å². The summed E-state index contributed by atoms with van der Waals surface area (Å²) in [6.07, 6.45) is 10.9. The molecular weight excluding hydrogens is 148 g/mol. The van der Waals surface area contributed by atoms with E-state index in [1.54, 1.807) is 0 Å². The monoisotopic (exact) mass is 158 g/mol. The second-order valence-corrected chi connectivity index (χ2v) is 3.35. The van der Waals surface area contributed by atoms with Crippen molar-refractivity contribution in [2.75, 3.05) is 6.61 Å². The van der Waals surface area contributed by atoms with Gasteiger partial charge in [0.25, 0.3) is 0 Å². The first-order chi connectivity index (χ1) is 5.95. The van der Waals surface area contributed by atoms with E-state index in [0.29, 0.717) is 0 Å². The van der Waals surface area contributed by atoms with Gasteiger partial charge in [0.1, 0.15) is 12.4 Å². The van der Waals surface area contributed by atoms with Gasteiger partial charge in [-0.3, -0.25) is 0 Å². The normalized spacial score (nSPS) is 24.7. The maximum Gasteiger partial charge on any atom is 0.123 e. The van der Waals surface area contributed by atoms with Gasteiger partial charge in [-0.25, -0.2) is 0 Å². The highest BCUT2D eigenvalue weighted by atomic mass is 16.5. The van der Waals surface area contributed by atoms with Gasteiger partial charge in [0.2, 0.25) is 0 Å². The minimum absolute atomic E-state index is 0.773. The number of ether oxygens (including phenoxy) is 1. The van der Waals surface area contributed by atoms with E-state index in [0.717, 1.165) is 25.2 Å². The van der Waals surface area contributed by atoms with E-state index < -0.39 is 0 Å². The standard InChI is InChI=1S/C11H10O/c1-3-8-7-12-11-6-2-5-10(11)9(8)4-1/h1-3,6H,4-5,7H2. The fourth-order valence-electron chi connectivity index (χ4n) is 2.05. The highest BCUT2D eigenvalue weighted by molar-refractivity contribution is 5.53. The molecule has 0 aromatic rings. The molecule has 2 aliphatic carbocycles. The third-order valence-electron chi connectivity index (χ3n) is 2.66. The van der Waals surface area contributed by atoms with Crippen LogP contribution < -0.4 is 0 Å². The van der Waals surface area contributed by atoms with Crippen LogP contribution in [0.5, 0.6) is 0 Å². The second kappa shape index (κ2) is 2.13. The van der Waals surface area contributed by atoms with E-state index in [4.69, 9.17) is 4.74 Å². The fourth-order valence-corrected chi connectivity index (χ4v) is 2.05. The van der Waals surface area contributed by atoms with Gasteiger partial charge in [0, 0.05) is 5.57 Å². The Labute approximate surface area is 71.7 Å². The van der Waals surface area contributed by atoms with E-state index in [9.17, 15) is 0 Å². The van der Waals surface area contributed by atoms with Crippen molar-refractivity contribution in [3.63, 3.8) is 0 Å². The summed E-state index contributed by atoms with van der Waals surface area (Å²) in [5, 5.41) is 0. The molecule has 0 bridgehead atoms. The average Bonchev–Trinajstić information content (AvgIpc) is 2.71. The van der Waals surface area contributed by atoms with Crippen molar-refractivity contribution in [3.8, 4) is 0 Å². The zero-order valence-electron chi connectivity index (χ0n) is 6.84. The topological polar surface area (TPSA) is 9.23 Å². The van der Waals surface area contributed by atoms with Gasteiger partial charge in [0.15, 0.2) is 0 Å². The maximum absolute atomic E-state index is 5.60. The summed E-state index contributed by atoms with van der Waals surface area (Å²) in [4.78, 5) is 0. The Balaban J connectivity index is 2.10. The van der Waals surface area contributed by atoms with Crippen LogP contribution >= 0.6 is 0 Å². The highest BCUT2D eigenvalue weighted by Gasteiger charge is 2.23. The molecule has 1 heterocycles. The number of fused-ring (bicyclic) bond motifs is 1. The molecule has 0 saturated heterocycles. The summed E-state index contributed by atoms with van der Waals surface area (Å²) in [7, 11) is 0. The maximum atomic E-state index is 5.60. The zero-order valence-corrected chi connectivity index (χ0v) is 6.84. The van der Waals surface area contributed by atoms with E-state index >= 15 is 0 Å². The lowest BCUT2D eigenvalue weighted by atomic mass is 9.99. The van der Waals surface area contributed by atoms with Crippen LogP contribution in [0, 0.1) is 0 Å². The lowest BCUT2D eigenvalue weighted by Gasteiger charge is -2.18. The molecule has 0 saturated carbocycles. The molecule has 0 N–H and O–H groups in total. The van der Waals surface area contributed by atoms with Crippen LogP contribution in [-0.2, 0) is 4.74 Å². The largest absolute Gasteiger partial charge is 0.489 e. The van der Waals surface area contributed by atoms with Crippen molar-refractivity contribution >= 4 is 0 Å². The minimum atomic E-state index is 0.773. The van der Waals surface area contributed by atoms with Gasteiger partial charge in [0.05, 0.1) is 0 Å². The lowest BCUT2D eigenvalue weighted by molar-refractivity contribution is 0.247. The first kappa shape index (κ1) is 6.30. The summed E-state index contributed by atoms with van der Waals surface area (Å²) < 4.78 is 5.60. The van der Waals surface area contributed by atoms with Crippen LogP contribution in [0.15, 0.2) is 46.8 Å². The summed E-state index contributed by atoms with van der Waals surface area (Å²) in [6.45, 7) is 0.773. The van der Waals surface area contributed by atoms with Gasteiger partial charge >= 0.3 is 0 Å². The molecule has 0 spiro atoms. The number of hydrogen-bond acceptors (Lipinski definition) is 1. The molecule has 12 heavy (non-hydrogen) atoms. The highest BCUT2D eigenvalue weighted by Crippen LogP contribution is 2.37. The Morgan fingerprint density at radius 3 is 2.83 bits per heavy atom. The van der Waals surface area contributed by atoms with Gasteiger partial charge in [-0.05, 0) is 30.1 Å². The van der Waals surface area contributed by atoms with Crippen LogP contribution in [0.2, 0.25) is 0 Å². The van der Waals surface area contributed by atoms with Crippen LogP contribution in [0.3, 0.4) is 0 Å². The Morgan fingerprint density at radius 1 is 1.00 bits per heavy atom. The van der Waals surface area contributed by atoms with Crippen molar-refractivity contribution in [2.24, 2.45) is 0 Å².